The van der Waals surface area contributed by atoms with Crippen LogP contribution in [-0.2, 0) is 9.53 Å². The summed E-state index contributed by atoms with van der Waals surface area (Å²) in [4.78, 5) is 23.5. The molecule has 0 saturated carbocycles. The maximum Gasteiger partial charge on any atom is 0.220 e. The molecule has 1 aromatic rings. The van der Waals surface area contributed by atoms with Gasteiger partial charge in [-0.1, -0.05) is 0 Å². The van der Waals surface area contributed by atoms with E-state index in [1.54, 1.807) is 38.5 Å². The Morgan fingerprint density at radius 2 is 1.76 bits per heavy atom. The highest BCUT2D eigenvalue weighted by atomic mass is 16.5. The minimum atomic E-state index is -0.0886. The molecule has 5 heteroatoms. The van der Waals surface area contributed by atoms with Gasteiger partial charge in [-0.05, 0) is 37.1 Å². The van der Waals surface area contributed by atoms with Crippen molar-refractivity contribution in [2.75, 3.05) is 27.4 Å². The van der Waals surface area contributed by atoms with E-state index in [4.69, 9.17) is 9.47 Å². The van der Waals surface area contributed by atoms with Crippen LogP contribution in [0.15, 0.2) is 24.3 Å². The third-order valence-corrected chi connectivity index (χ3v) is 3.09. The molecule has 1 amide bonds. The molecule has 0 aromatic heterocycles. The molecule has 116 valence electrons. The van der Waals surface area contributed by atoms with Crippen molar-refractivity contribution in [2.45, 2.75) is 25.7 Å². The first-order valence-electron chi connectivity index (χ1n) is 7.10. The molecular weight excluding hydrogens is 270 g/mol. The van der Waals surface area contributed by atoms with Crippen LogP contribution in [0.3, 0.4) is 0 Å². The fourth-order valence-corrected chi connectivity index (χ4v) is 1.84. The van der Waals surface area contributed by atoms with Gasteiger partial charge in [0.05, 0.1) is 7.11 Å². The van der Waals surface area contributed by atoms with Gasteiger partial charge in [0.25, 0.3) is 0 Å². The average Bonchev–Trinajstić information content (AvgIpc) is 2.52. The minimum absolute atomic E-state index is 0.0350. The first-order valence-corrected chi connectivity index (χ1v) is 7.10. The highest BCUT2D eigenvalue weighted by Crippen LogP contribution is 2.13. The molecule has 0 aliphatic heterocycles. The minimum Gasteiger partial charge on any atom is -0.497 e. The number of unbranched alkanes of at least 4 members (excludes halogenated alkanes) is 1. The lowest BCUT2D eigenvalue weighted by atomic mass is 10.1. The molecule has 0 atom stereocenters. The predicted octanol–water partition coefficient (Wildman–Crippen LogP) is 2.20. The summed E-state index contributed by atoms with van der Waals surface area (Å²) in [7, 11) is 3.23. The summed E-state index contributed by atoms with van der Waals surface area (Å²) in [6.45, 7) is 1.32. The summed E-state index contributed by atoms with van der Waals surface area (Å²) in [6.07, 6.45) is 2.24. The molecule has 1 N–H and O–H groups in total. The van der Waals surface area contributed by atoms with E-state index in [1.807, 2.05) is 0 Å². The molecule has 0 spiro atoms. The van der Waals surface area contributed by atoms with Gasteiger partial charge >= 0.3 is 0 Å². The van der Waals surface area contributed by atoms with Crippen molar-refractivity contribution >= 4 is 11.7 Å². The fourth-order valence-electron chi connectivity index (χ4n) is 1.84. The largest absolute Gasteiger partial charge is 0.497 e. The quantitative estimate of drug-likeness (QED) is 0.530. The second-order valence-electron chi connectivity index (χ2n) is 4.70. The van der Waals surface area contributed by atoms with Gasteiger partial charge in [-0.2, -0.15) is 0 Å². The topological polar surface area (TPSA) is 64.6 Å². The van der Waals surface area contributed by atoms with Crippen LogP contribution >= 0.6 is 0 Å². The molecule has 0 radical (unpaired) electrons. The Morgan fingerprint density at radius 3 is 2.38 bits per heavy atom. The van der Waals surface area contributed by atoms with Crippen molar-refractivity contribution in [1.29, 1.82) is 0 Å². The van der Waals surface area contributed by atoms with Crippen molar-refractivity contribution in [1.82, 2.24) is 5.32 Å². The summed E-state index contributed by atoms with van der Waals surface area (Å²) in [5, 5.41) is 2.80. The van der Waals surface area contributed by atoms with Gasteiger partial charge in [0.2, 0.25) is 5.91 Å². The Hall–Kier alpha value is -1.88. The third kappa shape index (κ3) is 6.90. The highest BCUT2D eigenvalue weighted by Gasteiger charge is 2.09. The van der Waals surface area contributed by atoms with Crippen molar-refractivity contribution in [2.24, 2.45) is 0 Å². The first-order chi connectivity index (χ1) is 10.2. The first kappa shape index (κ1) is 17.2. The maximum atomic E-state index is 11.9. The molecule has 0 aliphatic carbocycles. The maximum absolute atomic E-state index is 11.9. The highest BCUT2D eigenvalue weighted by molar-refractivity contribution is 5.98. The number of ether oxygens (including phenoxy) is 2. The number of Topliss-reactive ketones (excluding diaryl/α,β-unsaturated/α-hetero) is 1. The number of hydrogen-bond donors (Lipinski definition) is 1. The molecule has 0 heterocycles. The Labute approximate surface area is 125 Å². The van der Waals surface area contributed by atoms with Gasteiger partial charge in [-0.3, -0.25) is 9.59 Å². The normalized spacial score (nSPS) is 10.2. The number of nitrogens with one attached hydrogen (secondary N) is 1. The zero-order valence-corrected chi connectivity index (χ0v) is 12.7. The average molecular weight is 293 g/mol. The molecule has 0 bridgehead atoms. The van der Waals surface area contributed by atoms with Crippen molar-refractivity contribution < 1.29 is 19.1 Å². The van der Waals surface area contributed by atoms with Crippen LogP contribution in [-0.4, -0.2) is 39.1 Å². The monoisotopic (exact) mass is 293 g/mol. The van der Waals surface area contributed by atoms with Crippen molar-refractivity contribution in [3.05, 3.63) is 29.8 Å². The smallest absolute Gasteiger partial charge is 0.220 e. The standard InChI is InChI=1S/C16H23NO4/c1-20-12-4-3-11-17-16(19)10-9-15(18)13-5-7-14(21-2)8-6-13/h5-8H,3-4,9-12H2,1-2H3,(H,17,19). The van der Waals surface area contributed by atoms with Gasteiger partial charge in [0.1, 0.15) is 5.75 Å². The number of hydrogen-bond acceptors (Lipinski definition) is 4. The zero-order valence-electron chi connectivity index (χ0n) is 12.7. The van der Waals surface area contributed by atoms with Gasteiger partial charge in [0, 0.05) is 38.7 Å². The van der Waals surface area contributed by atoms with Gasteiger partial charge in [0.15, 0.2) is 5.78 Å². The van der Waals surface area contributed by atoms with Crippen LogP contribution in [0.1, 0.15) is 36.0 Å². The molecule has 5 nitrogen and oxygen atoms in total. The van der Waals surface area contributed by atoms with E-state index in [0.717, 1.165) is 12.8 Å². The second kappa shape index (κ2) is 9.94. The summed E-state index contributed by atoms with van der Waals surface area (Å²) in [5.41, 5.74) is 0.601. The lowest BCUT2D eigenvalue weighted by Crippen LogP contribution is -2.25. The fraction of sp³-hybridized carbons (Fsp3) is 0.500. The summed E-state index contributed by atoms with van der Waals surface area (Å²) in [6, 6.07) is 6.90. The molecular formula is C16H23NO4. The number of carbonyl (C=O) groups excluding carboxylic acids is 2. The van der Waals surface area contributed by atoms with Crippen LogP contribution in [0.5, 0.6) is 5.75 Å². The van der Waals surface area contributed by atoms with E-state index in [1.165, 1.54) is 0 Å². The molecule has 1 rings (SSSR count). The number of methoxy groups -OCH3 is 2. The van der Waals surface area contributed by atoms with Crippen LogP contribution in [0.25, 0.3) is 0 Å². The number of carbonyl (C=O) groups is 2. The zero-order chi connectivity index (χ0) is 15.5. The molecule has 21 heavy (non-hydrogen) atoms. The van der Waals surface area contributed by atoms with Gasteiger partial charge in [-0.25, -0.2) is 0 Å². The van der Waals surface area contributed by atoms with Crippen LogP contribution in [0.4, 0.5) is 0 Å². The summed E-state index contributed by atoms with van der Waals surface area (Å²) >= 11 is 0. The Balaban J connectivity index is 2.23. The van der Waals surface area contributed by atoms with E-state index in [-0.39, 0.29) is 24.5 Å². The lowest BCUT2D eigenvalue weighted by Gasteiger charge is -2.05. The van der Waals surface area contributed by atoms with E-state index in [9.17, 15) is 9.59 Å². The lowest BCUT2D eigenvalue weighted by molar-refractivity contribution is -0.121. The van der Waals surface area contributed by atoms with Crippen molar-refractivity contribution in [3.8, 4) is 5.75 Å². The second-order valence-corrected chi connectivity index (χ2v) is 4.70. The van der Waals surface area contributed by atoms with Crippen LogP contribution < -0.4 is 10.1 Å². The molecule has 0 unspecified atom stereocenters. The Morgan fingerprint density at radius 1 is 1.05 bits per heavy atom. The van der Waals surface area contributed by atoms with Gasteiger partial charge in [-0.15, -0.1) is 0 Å². The van der Waals surface area contributed by atoms with Gasteiger partial charge < -0.3 is 14.8 Å². The number of amides is 1. The van der Waals surface area contributed by atoms with Crippen LogP contribution in [0.2, 0.25) is 0 Å². The predicted molar refractivity (Wildman–Crippen MR) is 80.7 cm³/mol. The van der Waals surface area contributed by atoms with E-state index in [0.29, 0.717) is 24.5 Å². The van der Waals surface area contributed by atoms with E-state index in [2.05, 4.69) is 5.32 Å². The number of benzene rings is 1. The SMILES string of the molecule is COCCCCNC(=O)CCC(=O)c1ccc(OC)cc1. The van der Waals surface area contributed by atoms with Crippen molar-refractivity contribution in [3.63, 3.8) is 0 Å². The van der Waals surface area contributed by atoms with E-state index < -0.39 is 0 Å². The number of rotatable bonds is 10. The summed E-state index contributed by atoms with van der Waals surface area (Å²) in [5.74, 6) is 0.585. The molecule has 0 saturated heterocycles. The summed E-state index contributed by atoms with van der Waals surface area (Å²) < 4.78 is 9.96. The molecule has 1 aromatic carbocycles. The van der Waals surface area contributed by atoms with Crippen LogP contribution in [0, 0.1) is 0 Å². The van der Waals surface area contributed by atoms with E-state index >= 15 is 0 Å². The molecule has 0 fully saturated rings. The Bertz CT molecular complexity index is 442. The Kier molecular flexibility index (Phi) is 8.12. The molecule has 0 aliphatic rings. The third-order valence-electron chi connectivity index (χ3n) is 3.09. The number of ketones is 1.